The molecule has 17 rings (SSSR count). The van der Waals surface area contributed by atoms with Gasteiger partial charge in [-0.3, -0.25) is 0 Å². The summed E-state index contributed by atoms with van der Waals surface area (Å²) in [5.41, 5.74) is 24.4. The second-order valence-corrected chi connectivity index (χ2v) is 22.5. The largest absolute Gasteiger partial charge is 0.456 e. The molecular formula is C66H46Br3N4O4+. The number of nitrogens with one attached hydrogen (secondary N) is 1. The molecule has 374 valence electrons. The molecule has 0 saturated heterocycles. The molecule has 0 spiro atoms. The molecule has 77 heavy (non-hydrogen) atoms. The Hall–Kier alpha value is -7.73. The van der Waals surface area contributed by atoms with Gasteiger partial charge in [0.25, 0.3) is 0 Å². The first-order chi connectivity index (χ1) is 37.7. The molecule has 11 heteroatoms. The zero-order valence-electron chi connectivity index (χ0n) is 41.2. The number of nitrogens with zero attached hydrogens (tertiary/aromatic N) is 1. The van der Waals surface area contributed by atoms with Gasteiger partial charge < -0.3 is 38.7 Å². The number of fused-ring (bicyclic) bond motifs is 18. The summed E-state index contributed by atoms with van der Waals surface area (Å²) in [5, 5.41) is 12.6. The number of furan rings is 4. The third-order valence-electron chi connectivity index (χ3n) is 15.1. The number of aromatic amines is 1. The second-order valence-electron chi connectivity index (χ2n) is 19.8. The maximum atomic E-state index is 6.29. The number of allylic oxidation sites excluding steroid dienone is 2. The molecule has 9 aromatic carbocycles. The molecule has 0 unspecified atom stereocenters. The average molecular weight is 1200 g/mol. The Labute approximate surface area is 465 Å². The summed E-state index contributed by atoms with van der Waals surface area (Å²) in [7, 11) is 0. The standard InChI is InChI=1S/C30H16BrNO2.C18H7Br2O2.C12H9N.C6H14N2/c31-17-9-11-27-21(13-17)23-15-30-24(16-29(23)33-27)22-14-18(10-12-28(22)34-30)32-25-7-3-1-5-19(25)20-6-2-4-8-26(20)32;19-9-1-3-15-11(5-9)13-7-18-14(8-17(13)21-15)12-6-10(20)2-4-16(12)22-18;1-3-7-11-9(5-1)10-6-2-4-8-12(10)13-11;7-5-3-1-2-4-6(5)8/h1-16H;1,3-8H;1-8,13H;5-6H,1-4,7-8H2/q;+1;;/t;;;5-,6-/m...1/s1. The summed E-state index contributed by atoms with van der Waals surface area (Å²) in [5.74, 6) is 0.830. The van der Waals surface area contributed by atoms with Gasteiger partial charge >= 0.3 is 0 Å². The van der Waals surface area contributed by atoms with E-state index in [0.29, 0.717) is 0 Å². The van der Waals surface area contributed by atoms with Crippen LogP contribution >= 0.6 is 47.8 Å². The predicted molar refractivity (Wildman–Crippen MR) is 329 cm³/mol. The van der Waals surface area contributed by atoms with Crippen LogP contribution in [0.5, 0.6) is 0 Å². The number of benzene rings is 9. The summed E-state index contributed by atoms with van der Waals surface area (Å²) in [6.07, 6.45) is 11.8. The van der Waals surface area contributed by atoms with Crippen LogP contribution in [0.1, 0.15) is 37.0 Å². The monoisotopic (exact) mass is 1200 g/mol. The SMILES string of the molecule is BrC1=Cc2c(oc3cc4c(cc23)oc2ccc(Br)cc24)C=[C+]1.Brc1ccc2oc3cc4c(cc3c2c1)oc1ccc(-n2c3ccccc3c3ccccc32)cc14.N[C@@H]1CCCC[C@H]1N.c1ccc2c(c1)[nH]c1ccccc12. The Balaban J connectivity index is 0.000000107. The predicted octanol–water partition coefficient (Wildman–Crippen LogP) is 19.5. The van der Waals surface area contributed by atoms with Crippen LogP contribution in [0.2, 0.25) is 0 Å². The number of hydrogen-bond donors (Lipinski definition) is 3. The number of halogens is 3. The maximum absolute atomic E-state index is 6.29. The fourth-order valence-corrected chi connectivity index (χ4v) is 12.3. The highest BCUT2D eigenvalue weighted by atomic mass is 79.9. The normalized spacial score (nSPS) is 15.3. The van der Waals surface area contributed by atoms with Gasteiger partial charge in [-0.05, 0) is 132 Å². The Kier molecular flexibility index (Phi) is 12.0. The minimum absolute atomic E-state index is 0.281. The van der Waals surface area contributed by atoms with Crippen molar-refractivity contribution >= 4 is 180 Å². The van der Waals surface area contributed by atoms with E-state index >= 15 is 0 Å². The summed E-state index contributed by atoms with van der Waals surface area (Å²) in [6.45, 7) is 0. The van der Waals surface area contributed by atoms with Crippen LogP contribution in [0.3, 0.4) is 0 Å². The molecule has 2 atom stereocenters. The van der Waals surface area contributed by atoms with Crippen molar-refractivity contribution in [3.8, 4) is 5.69 Å². The van der Waals surface area contributed by atoms with Gasteiger partial charge in [0.05, 0.1) is 28.6 Å². The zero-order chi connectivity index (χ0) is 51.9. The third kappa shape index (κ3) is 8.55. The van der Waals surface area contributed by atoms with Gasteiger partial charge in [-0.25, -0.2) is 0 Å². The van der Waals surface area contributed by atoms with Crippen molar-refractivity contribution in [3.63, 3.8) is 0 Å². The lowest BCUT2D eigenvalue weighted by atomic mass is 9.92. The molecule has 8 nitrogen and oxygen atoms in total. The Morgan fingerprint density at radius 1 is 0.429 bits per heavy atom. The van der Waals surface area contributed by atoms with Crippen LogP contribution in [-0.4, -0.2) is 21.6 Å². The fourth-order valence-electron chi connectivity index (χ4n) is 11.3. The fraction of sp³-hybridized carbons (Fsp3) is 0.0909. The van der Waals surface area contributed by atoms with Crippen molar-refractivity contribution in [1.82, 2.24) is 9.55 Å². The molecule has 6 heterocycles. The van der Waals surface area contributed by atoms with Crippen LogP contribution in [0.25, 0.3) is 138 Å². The van der Waals surface area contributed by atoms with Crippen LogP contribution in [-0.2, 0) is 0 Å². The highest BCUT2D eigenvalue weighted by Gasteiger charge is 2.24. The van der Waals surface area contributed by atoms with Crippen LogP contribution < -0.4 is 11.5 Å². The number of aromatic nitrogens is 2. The number of nitrogens with two attached hydrogens (primary N) is 2. The van der Waals surface area contributed by atoms with Crippen LogP contribution in [0, 0.1) is 6.08 Å². The molecular weight excluding hydrogens is 1150 g/mol. The van der Waals surface area contributed by atoms with Gasteiger partial charge in [-0.1, -0.05) is 117 Å². The summed E-state index contributed by atoms with van der Waals surface area (Å²) < 4.78 is 29.7. The molecule has 5 N–H and O–H groups in total. The topological polar surface area (TPSA) is 125 Å². The second kappa shape index (κ2) is 19.4. The highest BCUT2D eigenvalue weighted by Crippen LogP contribution is 2.41. The molecule has 0 radical (unpaired) electrons. The molecule has 15 aromatic rings. The maximum Gasteiger partial charge on any atom is 0.250 e. The van der Waals surface area contributed by atoms with Crippen molar-refractivity contribution < 1.29 is 17.7 Å². The van der Waals surface area contributed by atoms with E-state index in [9.17, 15) is 0 Å². The first-order valence-electron chi connectivity index (χ1n) is 25.7. The average Bonchev–Trinajstić information content (AvgIpc) is 4.42. The van der Waals surface area contributed by atoms with Crippen molar-refractivity contribution in [2.45, 2.75) is 37.8 Å². The minimum Gasteiger partial charge on any atom is -0.456 e. The molecule has 0 bridgehead atoms. The van der Waals surface area contributed by atoms with Crippen molar-refractivity contribution in [3.05, 3.63) is 207 Å². The van der Waals surface area contributed by atoms with Crippen molar-refractivity contribution in [2.24, 2.45) is 11.5 Å². The summed E-state index contributed by atoms with van der Waals surface area (Å²) >= 11 is 10.6. The first-order valence-corrected chi connectivity index (χ1v) is 28.1. The quantitative estimate of drug-likeness (QED) is 0.141. The Bertz CT molecular complexity index is 4760. The van der Waals surface area contributed by atoms with E-state index in [4.69, 9.17) is 29.1 Å². The van der Waals surface area contributed by atoms with E-state index < -0.39 is 0 Å². The number of rotatable bonds is 1. The van der Waals surface area contributed by atoms with E-state index in [1.807, 2.05) is 36.4 Å². The first kappa shape index (κ1) is 47.7. The van der Waals surface area contributed by atoms with E-state index in [2.05, 4.69) is 215 Å². The van der Waals surface area contributed by atoms with Gasteiger partial charge in [-0.15, -0.1) is 0 Å². The lowest BCUT2D eigenvalue weighted by molar-refractivity contribution is 0.385. The summed E-state index contributed by atoms with van der Waals surface area (Å²) in [6, 6.07) is 61.3. The molecule has 2 aliphatic rings. The van der Waals surface area contributed by atoms with Crippen molar-refractivity contribution in [1.29, 1.82) is 0 Å². The van der Waals surface area contributed by atoms with Gasteiger partial charge in [-0.2, -0.15) is 0 Å². The van der Waals surface area contributed by atoms with Gasteiger partial charge in [0.15, 0.2) is 10.1 Å². The lowest BCUT2D eigenvalue weighted by Crippen LogP contribution is -2.43. The van der Waals surface area contributed by atoms with Gasteiger partial charge in [0, 0.05) is 91.6 Å². The Morgan fingerprint density at radius 2 is 0.857 bits per heavy atom. The molecule has 1 saturated carbocycles. The molecule has 6 aromatic heterocycles. The van der Waals surface area contributed by atoms with E-state index in [0.717, 1.165) is 120 Å². The molecule has 1 fully saturated rings. The van der Waals surface area contributed by atoms with E-state index in [-0.39, 0.29) is 12.1 Å². The molecule has 0 amide bonds. The summed E-state index contributed by atoms with van der Waals surface area (Å²) in [4.78, 5) is 3.38. The number of hydrogen-bond acceptors (Lipinski definition) is 6. The van der Waals surface area contributed by atoms with Crippen molar-refractivity contribution in [2.75, 3.05) is 0 Å². The number of H-pyrrole nitrogens is 1. The lowest BCUT2D eigenvalue weighted by Gasteiger charge is -2.24. The van der Waals surface area contributed by atoms with Gasteiger partial charge in [0.2, 0.25) is 5.76 Å². The van der Waals surface area contributed by atoms with E-state index in [1.165, 1.54) is 56.5 Å². The molecule has 0 aliphatic heterocycles. The zero-order valence-corrected chi connectivity index (χ0v) is 46.0. The Morgan fingerprint density at radius 3 is 1.38 bits per heavy atom. The smallest absolute Gasteiger partial charge is 0.250 e. The van der Waals surface area contributed by atoms with Crippen LogP contribution in [0.15, 0.2) is 207 Å². The minimum atomic E-state index is 0.281. The van der Waals surface area contributed by atoms with Crippen LogP contribution in [0.4, 0.5) is 0 Å². The molecule has 2 aliphatic carbocycles. The van der Waals surface area contributed by atoms with E-state index in [1.54, 1.807) is 0 Å². The third-order valence-corrected chi connectivity index (χ3v) is 16.5. The number of para-hydroxylation sites is 4. The van der Waals surface area contributed by atoms with Gasteiger partial charge in [0.1, 0.15) is 45.1 Å². The highest BCUT2D eigenvalue weighted by molar-refractivity contribution is 9.12.